The van der Waals surface area contributed by atoms with Gasteiger partial charge in [-0.2, -0.15) is 4.98 Å². The van der Waals surface area contributed by atoms with Gasteiger partial charge in [0.25, 0.3) is 5.69 Å². The third-order valence-electron chi connectivity index (χ3n) is 5.07. The number of allylic oxidation sites excluding steroid dienone is 1. The minimum absolute atomic E-state index is 0.0610. The Hall–Kier alpha value is -4.21. The third-order valence-corrected chi connectivity index (χ3v) is 5.07. The minimum atomic E-state index is -0.625. The quantitative estimate of drug-likeness (QED) is 0.353. The summed E-state index contributed by atoms with van der Waals surface area (Å²) < 4.78 is 12.2. The van der Waals surface area contributed by atoms with E-state index in [1.54, 1.807) is 37.8 Å². The van der Waals surface area contributed by atoms with E-state index in [0.717, 1.165) is 5.56 Å². The van der Waals surface area contributed by atoms with Crippen molar-refractivity contribution in [1.82, 2.24) is 14.8 Å². The van der Waals surface area contributed by atoms with Gasteiger partial charge in [-0.3, -0.25) is 10.1 Å². The fourth-order valence-corrected chi connectivity index (χ4v) is 3.62. The first-order chi connectivity index (χ1) is 15.4. The van der Waals surface area contributed by atoms with Gasteiger partial charge in [0.15, 0.2) is 5.82 Å². The Labute approximate surface area is 183 Å². The van der Waals surface area contributed by atoms with Crippen molar-refractivity contribution in [2.24, 2.45) is 0 Å². The molecule has 10 nitrogen and oxygen atoms in total. The lowest BCUT2D eigenvalue weighted by molar-refractivity contribution is -0.384. The molecular weight excluding hydrogens is 414 g/mol. The van der Waals surface area contributed by atoms with Crippen LogP contribution in [0.2, 0.25) is 0 Å². The lowest BCUT2D eigenvalue weighted by Gasteiger charge is -2.28. The fraction of sp³-hybridized carbons (Fsp3) is 0.227. The highest BCUT2D eigenvalue weighted by atomic mass is 16.6. The standard InChI is InChI=1S/C22H21N5O5/c1-4-32-21(28)18-13(2)23-22-24-20(15-8-5-9-16(11-15)27(29)30)25-26(22)19(18)14-7-6-10-17(12-14)31-3/h5-12,19H,4H2,1-3H3,(H,23,24,25). The van der Waals surface area contributed by atoms with Crippen molar-refractivity contribution in [3.8, 4) is 17.1 Å². The average Bonchev–Trinajstić information content (AvgIpc) is 3.22. The number of nitro benzene ring substituents is 1. The number of esters is 1. The molecule has 1 aliphatic rings. The van der Waals surface area contributed by atoms with Crippen LogP contribution in [-0.4, -0.2) is 39.4 Å². The fourth-order valence-electron chi connectivity index (χ4n) is 3.62. The van der Waals surface area contributed by atoms with Crippen LogP contribution in [0.4, 0.5) is 11.6 Å². The number of nitrogens with zero attached hydrogens (tertiary/aromatic N) is 4. The van der Waals surface area contributed by atoms with Crippen molar-refractivity contribution < 1.29 is 19.2 Å². The topological polar surface area (TPSA) is 121 Å². The van der Waals surface area contributed by atoms with E-state index in [9.17, 15) is 14.9 Å². The number of anilines is 1. The van der Waals surface area contributed by atoms with Gasteiger partial charge in [0, 0.05) is 23.4 Å². The number of hydrogen-bond acceptors (Lipinski definition) is 8. The summed E-state index contributed by atoms with van der Waals surface area (Å²) in [5, 5.41) is 18.9. The number of fused-ring (bicyclic) bond motifs is 1. The zero-order valence-corrected chi connectivity index (χ0v) is 17.7. The van der Waals surface area contributed by atoms with Crippen molar-refractivity contribution in [1.29, 1.82) is 0 Å². The zero-order chi connectivity index (χ0) is 22.8. The summed E-state index contributed by atoms with van der Waals surface area (Å²) in [5.74, 6) is 0.859. The van der Waals surface area contributed by atoms with Crippen LogP contribution in [0.25, 0.3) is 11.4 Å². The molecule has 0 radical (unpaired) electrons. The predicted molar refractivity (Wildman–Crippen MR) is 116 cm³/mol. The molecule has 1 aliphatic heterocycles. The molecule has 0 spiro atoms. The van der Waals surface area contributed by atoms with E-state index < -0.39 is 16.9 Å². The summed E-state index contributed by atoms with van der Waals surface area (Å²) in [6.45, 7) is 3.74. The van der Waals surface area contributed by atoms with Crippen LogP contribution in [0.15, 0.2) is 59.8 Å². The van der Waals surface area contributed by atoms with Crippen LogP contribution in [0.1, 0.15) is 25.5 Å². The maximum atomic E-state index is 12.9. The number of carbonyl (C=O) groups excluding carboxylic acids is 1. The molecule has 0 bridgehead atoms. The van der Waals surface area contributed by atoms with Crippen molar-refractivity contribution in [2.75, 3.05) is 19.0 Å². The van der Waals surface area contributed by atoms with E-state index in [0.29, 0.717) is 34.4 Å². The molecular formula is C22H21N5O5. The third kappa shape index (κ3) is 3.78. The molecule has 0 aliphatic carbocycles. The van der Waals surface area contributed by atoms with E-state index in [4.69, 9.17) is 9.47 Å². The van der Waals surface area contributed by atoms with Gasteiger partial charge in [0.1, 0.15) is 11.8 Å². The van der Waals surface area contributed by atoms with Crippen LogP contribution in [0, 0.1) is 10.1 Å². The van der Waals surface area contributed by atoms with Crippen molar-refractivity contribution in [3.63, 3.8) is 0 Å². The normalized spacial score (nSPS) is 15.0. The summed E-state index contributed by atoms with van der Waals surface area (Å²) in [6.07, 6.45) is 0. The SMILES string of the molecule is CCOC(=O)C1=C(C)Nc2nc(-c3cccc([N+](=O)[O-])c3)nn2C1c1cccc(OC)c1. The van der Waals surface area contributed by atoms with E-state index in [2.05, 4.69) is 15.4 Å². The molecule has 1 aromatic heterocycles. The number of benzene rings is 2. The molecule has 0 saturated carbocycles. The highest BCUT2D eigenvalue weighted by molar-refractivity contribution is 5.92. The Balaban J connectivity index is 1.86. The molecule has 4 rings (SSSR count). The van der Waals surface area contributed by atoms with E-state index >= 15 is 0 Å². The number of nitro groups is 1. The highest BCUT2D eigenvalue weighted by Crippen LogP contribution is 2.38. The Bertz CT molecular complexity index is 1230. The van der Waals surface area contributed by atoms with Crippen molar-refractivity contribution in [3.05, 3.63) is 75.5 Å². The number of rotatable bonds is 6. The Kier molecular flexibility index (Phi) is 5.59. The minimum Gasteiger partial charge on any atom is -0.497 e. The monoisotopic (exact) mass is 435 g/mol. The molecule has 164 valence electrons. The molecule has 1 unspecified atom stereocenters. The second kappa shape index (κ2) is 8.50. The van der Waals surface area contributed by atoms with Crippen molar-refractivity contribution >= 4 is 17.6 Å². The molecule has 0 saturated heterocycles. The summed E-state index contributed by atoms with van der Waals surface area (Å²) in [5.41, 5.74) is 2.16. The number of nitrogens with one attached hydrogen (secondary N) is 1. The van der Waals surface area contributed by atoms with E-state index in [1.807, 2.05) is 24.3 Å². The second-order valence-corrected chi connectivity index (χ2v) is 7.07. The van der Waals surface area contributed by atoms with Gasteiger partial charge in [-0.1, -0.05) is 24.3 Å². The van der Waals surface area contributed by atoms with Gasteiger partial charge in [0.2, 0.25) is 5.95 Å². The van der Waals surface area contributed by atoms with Gasteiger partial charge in [-0.15, -0.1) is 5.10 Å². The van der Waals surface area contributed by atoms with Gasteiger partial charge in [-0.25, -0.2) is 9.48 Å². The predicted octanol–water partition coefficient (Wildman–Crippen LogP) is 3.71. The lowest BCUT2D eigenvalue weighted by Crippen LogP contribution is -2.29. The van der Waals surface area contributed by atoms with Gasteiger partial charge in [0.05, 0.1) is 24.2 Å². The molecule has 0 amide bonds. The van der Waals surface area contributed by atoms with Crippen LogP contribution in [0.5, 0.6) is 5.75 Å². The van der Waals surface area contributed by atoms with E-state index in [1.165, 1.54) is 12.1 Å². The maximum absolute atomic E-state index is 12.9. The largest absolute Gasteiger partial charge is 0.497 e. The van der Waals surface area contributed by atoms with Crippen molar-refractivity contribution in [2.45, 2.75) is 19.9 Å². The van der Waals surface area contributed by atoms with Crippen LogP contribution in [-0.2, 0) is 9.53 Å². The zero-order valence-electron chi connectivity index (χ0n) is 17.7. The van der Waals surface area contributed by atoms with Crippen LogP contribution >= 0.6 is 0 Å². The molecule has 1 atom stereocenters. The molecule has 0 fully saturated rings. The molecule has 2 aromatic carbocycles. The first-order valence-electron chi connectivity index (χ1n) is 9.93. The average molecular weight is 435 g/mol. The van der Waals surface area contributed by atoms with Crippen LogP contribution in [0.3, 0.4) is 0 Å². The van der Waals surface area contributed by atoms with Crippen LogP contribution < -0.4 is 10.1 Å². The Morgan fingerprint density at radius 1 is 1.25 bits per heavy atom. The maximum Gasteiger partial charge on any atom is 0.338 e. The van der Waals surface area contributed by atoms with Gasteiger partial charge in [-0.05, 0) is 31.5 Å². The molecule has 3 aromatic rings. The molecule has 1 N–H and O–H groups in total. The molecule has 2 heterocycles. The second-order valence-electron chi connectivity index (χ2n) is 7.07. The smallest absolute Gasteiger partial charge is 0.338 e. The number of carbonyl (C=O) groups is 1. The number of hydrogen-bond donors (Lipinski definition) is 1. The number of ether oxygens (including phenoxy) is 2. The first-order valence-corrected chi connectivity index (χ1v) is 9.93. The molecule has 10 heteroatoms. The number of aromatic nitrogens is 3. The Morgan fingerprint density at radius 3 is 2.75 bits per heavy atom. The number of non-ortho nitro benzene ring substituents is 1. The molecule has 32 heavy (non-hydrogen) atoms. The summed E-state index contributed by atoms with van der Waals surface area (Å²) in [6, 6.07) is 12.8. The highest BCUT2D eigenvalue weighted by Gasteiger charge is 2.35. The summed E-state index contributed by atoms with van der Waals surface area (Å²) in [7, 11) is 1.57. The lowest BCUT2D eigenvalue weighted by atomic mass is 9.95. The van der Waals surface area contributed by atoms with Gasteiger partial charge >= 0.3 is 5.97 Å². The summed E-state index contributed by atoms with van der Waals surface area (Å²) >= 11 is 0. The summed E-state index contributed by atoms with van der Waals surface area (Å²) in [4.78, 5) is 28.1. The first kappa shape index (κ1) is 21.0. The van der Waals surface area contributed by atoms with E-state index in [-0.39, 0.29) is 12.3 Å². The van der Waals surface area contributed by atoms with Gasteiger partial charge < -0.3 is 14.8 Å². The Morgan fingerprint density at radius 2 is 2.03 bits per heavy atom. The number of methoxy groups -OCH3 is 1.